The maximum Gasteiger partial charge on any atom is 0.237 e. The summed E-state index contributed by atoms with van der Waals surface area (Å²) in [6, 6.07) is 9.27. The number of hydrogen-bond acceptors (Lipinski definition) is 3. The van der Waals surface area contributed by atoms with Crippen LogP contribution in [0.15, 0.2) is 30.3 Å². The number of hydrogen-bond donors (Lipinski definition) is 2. The van der Waals surface area contributed by atoms with Crippen LogP contribution in [0.3, 0.4) is 0 Å². The molecule has 5 heteroatoms. The van der Waals surface area contributed by atoms with Gasteiger partial charge in [0.15, 0.2) is 0 Å². The van der Waals surface area contributed by atoms with Crippen molar-refractivity contribution in [2.24, 2.45) is 11.1 Å². The van der Waals surface area contributed by atoms with Crippen LogP contribution in [0.1, 0.15) is 32.4 Å². The van der Waals surface area contributed by atoms with Crippen LogP contribution in [0, 0.1) is 5.41 Å². The Morgan fingerprint density at radius 1 is 1.30 bits per heavy atom. The zero-order chi connectivity index (χ0) is 14.5. The van der Waals surface area contributed by atoms with Gasteiger partial charge < -0.3 is 15.8 Å². The quantitative estimate of drug-likeness (QED) is 0.877. The van der Waals surface area contributed by atoms with Gasteiger partial charge in [-0.25, -0.2) is 0 Å². The third-order valence-corrected chi connectivity index (χ3v) is 3.13. The summed E-state index contributed by atoms with van der Waals surface area (Å²) < 4.78 is 5.40. The molecule has 3 N–H and O–H groups in total. The third kappa shape index (κ3) is 5.49. The molecule has 0 aliphatic rings. The molecular formula is C15H25ClN2O2. The van der Waals surface area contributed by atoms with Crippen molar-refractivity contribution in [1.82, 2.24) is 5.32 Å². The minimum atomic E-state index is -0.527. The van der Waals surface area contributed by atoms with Gasteiger partial charge in [0.2, 0.25) is 5.91 Å². The molecule has 1 rings (SSSR count). The summed E-state index contributed by atoms with van der Waals surface area (Å²) >= 11 is 0. The van der Waals surface area contributed by atoms with Gasteiger partial charge in [0, 0.05) is 13.7 Å². The van der Waals surface area contributed by atoms with Crippen LogP contribution in [0.2, 0.25) is 0 Å². The summed E-state index contributed by atoms with van der Waals surface area (Å²) in [6.07, 6.45) is -0.155. The lowest BCUT2D eigenvalue weighted by molar-refractivity contribution is -0.125. The molecule has 2 atom stereocenters. The van der Waals surface area contributed by atoms with E-state index in [1.165, 1.54) is 0 Å². The van der Waals surface area contributed by atoms with Crippen molar-refractivity contribution in [3.8, 4) is 0 Å². The molecule has 114 valence electrons. The topological polar surface area (TPSA) is 64.3 Å². The fourth-order valence-electron chi connectivity index (χ4n) is 1.70. The van der Waals surface area contributed by atoms with E-state index in [4.69, 9.17) is 10.5 Å². The molecule has 1 amide bonds. The molecule has 0 aromatic heterocycles. The van der Waals surface area contributed by atoms with Gasteiger partial charge >= 0.3 is 0 Å². The molecule has 0 aliphatic carbocycles. The fraction of sp³-hybridized carbons (Fsp3) is 0.533. The van der Waals surface area contributed by atoms with E-state index >= 15 is 0 Å². The molecule has 1 aromatic carbocycles. The summed E-state index contributed by atoms with van der Waals surface area (Å²) in [6.45, 7) is 6.26. The Morgan fingerprint density at radius 2 is 1.85 bits per heavy atom. The van der Waals surface area contributed by atoms with Crippen LogP contribution in [-0.2, 0) is 9.53 Å². The zero-order valence-electron chi connectivity index (χ0n) is 12.6. The van der Waals surface area contributed by atoms with Crippen LogP contribution in [0.4, 0.5) is 0 Å². The van der Waals surface area contributed by atoms with Crippen molar-refractivity contribution in [2.45, 2.75) is 32.9 Å². The minimum absolute atomic E-state index is 0. The first kappa shape index (κ1) is 18.9. The first-order valence-corrected chi connectivity index (χ1v) is 6.47. The number of carbonyl (C=O) groups excluding carboxylic acids is 1. The number of methoxy groups -OCH3 is 1. The van der Waals surface area contributed by atoms with E-state index in [1.54, 1.807) is 7.11 Å². The molecule has 1 unspecified atom stereocenters. The number of carbonyl (C=O) groups is 1. The lowest BCUT2D eigenvalue weighted by atomic mass is 9.87. The van der Waals surface area contributed by atoms with E-state index in [2.05, 4.69) is 5.32 Å². The van der Waals surface area contributed by atoms with Gasteiger partial charge in [-0.1, -0.05) is 51.1 Å². The van der Waals surface area contributed by atoms with E-state index in [0.717, 1.165) is 5.56 Å². The van der Waals surface area contributed by atoms with Gasteiger partial charge in [0.25, 0.3) is 0 Å². The largest absolute Gasteiger partial charge is 0.375 e. The molecule has 20 heavy (non-hydrogen) atoms. The summed E-state index contributed by atoms with van der Waals surface area (Å²) in [7, 11) is 1.63. The monoisotopic (exact) mass is 300 g/mol. The highest BCUT2D eigenvalue weighted by atomic mass is 35.5. The molecule has 0 fully saturated rings. The average molecular weight is 301 g/mol. The lowest BCUT2D eigenvalue weighted by Crippen LogP contribution is -2.49. The summed E-state index contributed by atoms with van der Waals surface area (Å²) in [5.74, 6) is -0.148. The standard InChI is InChI=1S/C15H24N2O2.ClH/c1-15(2,3)13(16)14(18)17-10-12(19-4)11-8-6-5-7-9-11;/h5-9,12-13H,10,16H2,1-4H3,(H,17,18);1H/t12?,13-;/m1./s1. The summed E-state index contributed by atoms with van der Waals surface area (Å²) in [5.41, 5.74) is 6.69. The van der Waals surface area contributed by atoms with Crippen molar-refractivity contribution in [2.75, 3.05) is 13.7 Å². The second-order valence-corrected chi connectivity index (χ2v) is 5.72. The Bertz CT molecular complexity index is 404. The molecule has 0 bridgehead atoms. The maximum absolute atomic E-state index is 11.9. The SMILES string of the molecule is COC(CNC(=O)[C@@H](N)C(C)(C)C)c1ccccc1.Cl. The van der Waals surface area contributed by atoms with E-state index in [1.807, 2.05) is 51.1 Å². The lowest BCUT2D eigenvalue weighted by Gasteiger charge is -2.26. The second kappa shape index (κ2) is 8.25. The highest BCUT2D eigenvalue weighted by molar-refractivity contribution is 5.85. The normalized spacial score (nSPS) is 14.1. The number of nitrogens with one attached hydrogen (secondary N) is 1. The Labute approximate surface area is 127 Å². The summed E-state index contributed by atoms with van der Waals surface area (Å²) in [4.78, 5) is 11.9. The van der Waals surface area contributed by atoms with Crippen LogP contribution in [-0.4, -0.2) is 25.6 Å². The van der Waals surface area contributed by atoms with Gasteiger partial charge in [0.05, 0.1) is 12.1 Å². The highest BCUT2D eigenvalue weighted by Gasteiger charge is 2.27. The Kier molecular flexibility index (Phi) is 7.79. The van der Waals surface area contributed by atoms with Gasteiger partial charge in [0.1, 0.15) is 0 Å². The van der Waals surface area contributed by atoms with E-state index in [-0.39, 0.29) is 29.8 Å². The minimum Gasteiger partial charge on any atom is -0.375 e. The molecule has 0 aliphatic heterocycles. The fourth-order valence-corrected chi connectivity index (χ4v) is 1.70. The third-order valence-electron chi connectivity index (χ3n) is 3.13. The van der Waals surface area contributed by atoms with E-state index in [0.29, 0.717) is 6.54 Å². The van der Waals surface area contributed by atoms with Gasteiger partial charge in [-0.05, 0) is 11.0 Å². The van der Waals surface area contributed by atoms with Crippen molar-refractivity contribution in [3.05, 3.63) is 35.9 Å². The molecular weight excluding hydrogens is 276 g/mol. The second-order valence-electron chi connectivity index (χ2n) is 5.72. The number of amides is 1. The number of rotatable bonds is 5. The Hall–Kier alpha value is -1.10. The Balaban J connectivity index is 0.00000361. The Morgan fingerprint density at radius 3 is 2.30 bits per heavy atom. The molecule has 0 spiro atoms. The first-order chi connectivity index (χ1) is 8.86. The van der Waals surface area contributed by atoms with Crippen molar-refractivity contribution in [3.63, 3.8) is 0 Å². The van der Waals surface area contributed by atoms with Gasteiger partial charge in [-0.15, -0.1) is 12.4 Å². The average Bonchev–Trinajstić information content (AvgIpc) is 2.38. The zero-order valence-corrected chi connectivity index (χ0v) is 13.4. The molecule has 1 aromatic rings. The van der Waals surface area contributed by atoms with Crippen molar-refractivity contribution < 1.29 is 9.53 Å². The molecule has 0 saturated heterocycles. The van der Waals surface area contributed by atoms with Crippen LogP contribution < -0.4 is 11.1 Å². The van der Waals surface area contributed by atoms with Crippen LogP contribution >= 0.6 is 12.4 Å². The van der Waals surface area contributed by atoms with Crippen molar-refractivity contribution in [1.29, 1.82) is 0 Å². The van der Waals surface area contributed by atoms with Crippen LogP contribution in [0.25, 0.3) is 0 Å². The summed E-state index contributed by atoms with van der Waals surface area (Å²) in [5, 5.41) is 2.85. The number of ether oxygens (including phenoxy) is 1. The van der Waals surface area contributed by atoms with E-state index < -0.39 is 6.04 Å². The molecule has 0 radical (unpaired) electrons. The highest BCUT2D eigenvalue weighted by Crippen LogP contribution is 2.18. The molecule has 0 heterocycles. The number of halogens is 1. The molecule has 0 saturated carbocycles. The van der Waals surface area contributed by atoms with Gasteiger partial charge in [-0.3, -0.25) is 4.79 Å². The number of benzene rings is 1. The first-order valence-electron chi connectivity index (χ1n) is 6.47. The predicted molar refractivity (Wildman–Crippen MR) is 83.9 cm³/mol. The predicted octanol–water partition coefficient (Wildman–Crippen LogP) is 2.29. The van der Waals surface area contributed by atoms with Gasteiger partial charge in [-0.2, -0.15) is 0 Å². The van der Waals surface area contributed by atoms with Crippen LogP contribution in [0.5, 0.6) is 0 Å². The van der Waals surface area contributed by atoms with Crippen molar-refractivity contribution >= 4 is 18.3 Å². The number of nitrogens with two attached hydrogens (primary N) is 1. The maximum atomic E-state index is 11.9. The van der Waals surface area contributed by atoms with E-state index in [9.17, 15) is 4.79 Å². The molecule has 4 nitrogen and oxygen atoms in total. The smallest absolute Gasteiger partial charge is 0.237 e.